The summed E-state index contributed by atoms with van der Waals surface area (Å²) in [7, 11) is 0. The van der Waals surface area contributed by atoms with E-state index in [2.05, 4.69) is 15.0 Å². The second-order valence-electron chi connectivity index (χ2n) is 13.5. The molecule has 0 unspecified atom stereocenters. The fourth-order valence-corrected chi connectivity index (χ4v) is 7.44. The van der Waals surface area contributed by atoms with Crippen LogP contribution in [-0.2, 0) is 41.1 Å². The van der Waals surface area contributed by atoms with Gasteiger partial charge in [0.2, 0.25) is 5.95 Å². The van der Waals surface area contributed by atoms with E-state index in [0.717, 1.165) is 44.2 Å². The van der Waals surface area contributed by atoms with Crippen LogP contribution in [0.1, 0.15) is 66.3 Å². The van der Waals surface area contributed by atoms with Gasteiger partial charge in [-0.05, 0) is 74.3 Å². The molecule has 6 rings (SSSR count). The van der Waals surface area contributed by atoms with Crippen molar-refractivity contribution in [2.45, 2.75) is 76.2 Å². The van der Waals surface area contributed by atoms with E-state index in [1.807, 2.05) is 9.80 Å². The van der Waals surface area contributed by atoms with Crippen molar-refractivity contribution in [3.8, 4) is 0 Å². The number of nitrogens with zero attached hydrogens (tertiary/aromatic N) is 6. The predicted molar refractivity (Wildman–Crippen MR) is 173 cm³/mol. The molecule has 0 N–H and O–H groups in total. The molecule has 0 amide bonds. The number of carbonyl (C=O) groups excluding carboxylic acids is 1. The first-order chi connectivity index (χ1) is 24.6. The molecule has 3 aromatic rings. The molecular formula is C35H37F9N6O2. The van der Waals surface area contributed by atoms with Gasteiger partial charge in [0.1, 0.15) is 12.1 Å². The van der Waals surface area contributed by atoms with Gasteiger partial charge in [0.15, 0.2) is 0 Å². The average Bonchev–Trinajstić information content (AvgIpc) is 3.60. The molecule has 1 aliphatic carbocycles. The predicted octanol–water partition coefficient (Wildman–Crippen LogP) is 7.95. The molecular weight excluding hydrogens is 707 g/mol. The van der Waals surface area contributed by atoms with Gasteiger partial charge >= 0.3 is 18.5 Å². The second kappa shape index (κ2) is 15.1. The van der Waals surface area contributed by atoms with Gasteiger partial charge in [0.05, 0.1) is 48.0 Å². The first kappa shape index (κ1) is 37.6. The fourth-order valence-electron chi connectivity index (χ4n) is 7.44. The van der Waals surface area contributed by atoms with E-state index >= 15 is 0 Å². The number of pyridine rings is 1. The van der Waals surface area contributed by atoms with Crippen molar-refractivity contribution in [1.29, 1.82) is 0 Å². The Hall–Kier alpha value is -4.15. The number of halogens is 9. The topological polar surface area (TPSA) is 74.7 Å². The van der Waals surface area contributed by atoms with Gasteiger partial charge in [-0.3, -0.25) is 0 Å². The summed E-state index contributed by atoms with van der Waals surface area (Å²) < 4.78 is 131. The number of hydrogen-bond donors (Lipinski definition) is 0. The summed E-state index contributed by atoms with van der Waals surface area (Å²) >= 11 is 0. The summed E-state index contributed by atoms with van der Waals surface area (Å²) in [6, 6.07) is 2.03. The Bertz CT molecular complexity index is 1650. The van der Waals surface area contributed by atoms with Crippen molar-refractivity contribution >= 4 is 23.7 Å². The van der Waals surface area contributed by atoms with Crippen LogP contribution in [0.25, 0.3) is 0 Å². The summed E-state index contributed by atoms with van der Waals surface area (Å²) in [5.74, 6) is 0.246. The van der Waals surface area contributed by atoms with E-state index in [9.17, 15) is 44.3 Å². The third-order valence-corrected chi connectivity index (χ3v) is 10.1. The zero-order valence-corrected chi connectivity index (χ0v) is 27.9. The van der Waals surface area contributed by atoms with E-state index in [1.54, 1.807) is 0 Å². The number of rotatable bonds is 9. The molecule has 2 aliphatic heterocycles. The van der Waals surface area contributed by atoms with Crippen LogP contribution in [0.3, 0.4) is 0 Å². The zero-order chi connectivity index (χ0) is 37.3. The lowest BCUT2D eigenvalue weighted by molar-refractivity contribution is -0.143. The first-order valence-corrected chi connectivity index (χ1v) is 17.1. The Morgan fingerprint density at radius 1 is 0.731 bits per heavy atom. The van der Waals surface area contributed by atoms with Gasteiger partial charge in [-0.2, -0.15) is 39.5 Å². The molecule has 52 heavy (non-hydrogen) atoms. The number of anilines is 3. The zero-order valence-electron chi connectivity index (χ0n) is 27.9. The molecule has 3 aliphatic rings. The van der Waals surface area contributed by atoms with Gasteiger partial charge in [0, 0.05) is 56.4 Å². The maximum absolute atomic E-state index is 14.1. The van der Waals surface area contributed by atoms with Crippen molar-refractivity contribution in [3.05, 3.63) is 70.7 Å². The molecule has 4 heterocycles. The van der Waals surface area contributed by atoms with E-state index in [0.29, 0.717) is 63.5 Å². The van der Waals surface area contributed by atoms with Crippen LogP contribution in [0.2, 0.25) is 0 Å². The Labute approximate surface area is 294 Å². The highest BCUT2D eigenvalue weighted by Gasteiger charge is 2.39. The third-order valence-electron chi connectivity index (χ3n) is 10.1. The van der Waals surface area contributed by atoms with Crippen molar-refractivity contribution < 1.29 is 49.0 Å². The number of morpholine rings is 1. The van der Waals surface area contributed by atoms with Gasteiger partial charge < -0.3 is 24.2 Å². The van der Waals surface area contributed by atoms with Crippen LogP contribution >= 0.6 is 0 Å². The van der Waals surface area contributed by atoms with Crippen molar-refractivity contribution in [3.63, 3.8) is 0 Å². The highest BCUT2D eigenvalue weighted by molar-refractivity contribution is 5.55. The molecule has 2 saturated heterocycles. The number of ether oxygens (including phenoxy) is 1. The monoisotopic (exact) mass is 744 g/mol. The van der Waals surface area contributed by atoms with Crippen LogP contribution in [0.5, 0.6) is 0 Å². The second-order valence-corrected chi connectivity index (χ2v) is 13.5. The molecule has 2 aromatic heterocycles. The van der Waals surface area contributed by atoms with E-state index < -0.39 is 53.9 Å². The molecule has 282 valence electrons. The third kappa shape index (κ3) is 8.72. The van der Waals surface area contributed by atoms with Gasteiger partial charge in [-0.1, -0.05) is 0 Å². The lowest BCUT2D eigenvalue weighted by Gasteiger charge is -2.37. The maximum Gasteiger partial charge on any atom is 0.417 e. The first-order valence-electron chi connectivity index (χ1n) is 17.1. The van der Waals surface area contributed by atoms with Crippen LogP contribution < -0.4 is 14.7 Å². The SMILES string of the molecule is O=C[C@H]1CC[C@H]([C@H]2CCCN2c2ncc(C(F)(F)F)cc2CN(Cc2cc(C(F)(F)F)cc(C(F)(F)F)c2)c2ncc(N3CCOCC3)cn2)CC1. The number of hydrogen-bond acceptors (Lipinski definition) is 8. The summed E-state index contributed by atoms with van der Waals surface area (Å²) in [5, 5.41) is 0. The highest BCUT2D eigenvalue weighted by atomic mass is 19.4. The summed E-state index contributed by atoms with van der Waals surface area (Å²) in [6.07, 6.45) is -6.02. The molecule has 1 aromatic carbocycles. The number of benzene rings is 1. The Morgan fingerprint density at radius 3 is 1.92 bits per heavy atom. The quantitative estimate of drug-likeness (QED) is 0.162. The number of carbonyl (C=O) groups is 1. The molecule has 0 spiro atoms. The molecule has 1 saturated carbocycles. The average molecular weight is 745 g/mol. The Kier molecular flexibility index (Phi) is 10.9. The van der Waals surface area contributed by atoms with Crippen molar-refractivity contribution in [2.75, 3.05) is 47.5 Å². The normalized spacial score (nSPS) is 21.8. The molecule has 3 fully saturated rings. The lowest BCUT2D eigenvalue weighted by Crippen LogP contribution is -2.39. The van der Waals surface area contributed by atoms with Crippen molar-refractivity contribution in [2.24, 2.45) is 11.8 Å². The van der Waals surface area contributed by atoms with Crippen LogP contribution in [0.15, 0.2) is 42.9 Å². The summed E-state index contributed by atoms with van der Waals surface area (Å²) in [4.78, 5) is 29.6. The van der Waals surface area contributed by atoms with E-state index in [-0.39, 0.29) is 41.3 Å². The molecule has 0 radical (unpaired) electrons. The molecule has 17 heteroatoms. The number of aromatic nitrogens is 3. The van der Waals surface area contributed by atoms with E-state index in [4.69, 9.17) is 4.74 Å². The largest absolute Gasteiger partial charge is 0.417 e. The number of aldehydes is 1. The standard InChI is InChI=1S/C35H37F9N6O2/c36-33(37,38)26-12-23(13-27(15-26)34(39,40)41)19-49(32-46-17-29(18-47-32)48-8-10-52-11-9-48)20-25-14-28(35(42,43)44)16-45-31(25)50-7-1-2-30(50)24-5-3-22(21-51)4-6-24/h12-18,21-22,24,30H,1-11,19-20H2/t22-,24-,30-/m1/s1. The highest BCUT2D eigenvalue weighted by Crippen LogP contribution is 2.41. The lowest BCUT2D eigenvalue weighted by atomic mass is 9.78. The molecule has 0 bridgehead atoms. The fraction of sp³-hybridized carbons (Fsp3) is 0.543. The van der Waals surface area contributed by atoms with Crippen LogP contribution in [-0.4, -0.2) is 60.1 Å². The van der Waals surface area contributed by atoms with Crippen LogP contribution in [0, 0.1) is 11.8 Å². The minimum absolute atomic E-state index is 0.0202. The van der Waals surface area contributed by atoms with Gasteiger partial charge in [0.25, 0.3) is 0 Å². The number of alkyl halides is 9. The molecule has 1 atom stereocenters. The molecule has 8 nitrogen and oxygen atoms in total. The van der Waals surface area contributed by atoms with E-state index in [1.165, 1.54) is 17.3 Å². The van der Waals surface area contributed by atoms with Crippen LogP contribution in [0.4, 0.5) is 57.0 Å². The summed E-state index contributed by atoms with van der Waals surface area (Å²) in [6.45, 7) is 1.43. The summed E-state index contributed by atoms with van der Waals surface area (Å²) in [5.41, 5.74) is -3.84. The smallest absolute Gasteiger partial charge is 0.378 e. The Balaban J connectivity index is 1.41. The van der Waals surface area contributed by atoms with Gasteiger partial charge in [-0.25, -0.2) is 15.0 Å². The Morgan fingerprint density at radius 2 is 1.35 bits per heavy atom. The maximum atomic E-state index is 14.1. The minimum Gasteiger partial charge on any atom is -0.378 e. The minimum atomic E-state index is -5.11. The van der Waals surface area contributed by atoms with Crippen molar-refractivity contribution in [1.82, 2.24) is 15.0 Å². The van der Waals surface area contributed by atoms with Gasteiger partial charge in [-0.15, -0.1) is 0 Å².